The SMILES string of the molecule is CC(C)c1cccc(C(C)C)c1N1c2ccccc2C2=[N+]([B-]1(F)F)C(C)(C)CO2. The standard InChI is InChI=1S/C23H29BF2N2O/c1-15(2)17-11-9-12-18(16(3)4)21(17)27-20-13-8-7-10-19(20)22-28(24(27,25)26)23(5,6)14-29-22/h7-13,15-16H,14H2,1-6H3. The first kappa shape index (κ1) is 19.9. The molecule has 0 fully saturated rings. The highest BCUT2D eigenvalue weighted by Gasteiger charge is 2.62. The van der Waals surface area contributed by atoms with Gasteiger partial charge in [0.25, 0.3) is 0 Å². The van der Waals surface area contributed by atoms with Crippen LogP contribution in [0.4, 0.5) is 20.0 Å². The molecule has 0 saturated carbocycles. The van der Waals surface area contributed by atoms with Crippen LogP contribution in [0.2, 0.25) is 0 Å². The van der Waals surface area contributed by atoms with Crippen molar-refractivity contribution >= 4 is 24.2 Å². The molecule has 0 unspecified atom stereocenters. The zero-order valence-corrected chi connectivity index (χ0v) is 18.0. The van der Waals surface area contributed by atoms with E-state index in [0.29, 0.717) is 17.3 Å². The van der Waals surface area contributed by atoms with Gasteiger partial charge < -0.3 is 22.7 Å². The predicted octanol–water partition coefficient (Wildman–Crippen LogP) is 6.03. The summed E-state index contributed by atoms with van der Waals surface area (Å²) in [5.74, 6) is 0.534. The molecule has 0 radical (unpaired) electrons. The number of halogens is 2. The monoisotopic (exact) mass is 398 g/mol. The van der Waals surface area contributed by atoms with Crippen LogP contribution in [-0.2, 0) is 4.74 Å². The number of anilines is 2. The molecule has 6 heteroatoms. The van der Waals surface area contributed by atoms with Crippen molar-refractivity contribution in [3.05, 3.63) is 59.2 Å². The van der Waals surface area contributed by atoms with Crippen molar-refractivity contribution in [3.8, 4) is 0 Å². The summed E-state index contributed by atoms with van der Waals surface area (Å²) < 4.78 is 39.8. The van der Waals surface area contributed by atoms with E-state index in [1.54, 1.807) is 6.07 Å². The van der Waals surface area contributed by atoms with Crippen molar-refractivity contribution < 1.29 is 17.9 Å². The van der Waals surface area contributed by atoms with Crippen LogP contribution in [0.5, 0.6) is 0 Å². The van der Waals surface area contributed by atoms with Crippen molar-refractivity contribution in [1.29, 1.82) is 0 Å². The minimum absolute atomic E-state index is 0.121. The van der Waals surface area contributed by atoms with E-state index in [9.17, 15) is 0 Å². The van der Waals surface area contributed by atoms with Crippen molar-refractivity contribution in [2.75, 3.05) is 11.4 Å². The van der Waals surface area contributed by atoms with Crippen LogP contribution in [0.1, 0.15) is 70.1 Å². The van der Waals surface area contributed by atoms with Gasteiger partial charge in [0.1, 0.15) is 5.56 Å². The molecule has 4 rings (SSSR count). The molecule has 154 valence electrons. The molecular weight excluding hydrogens is 369 g/mol. The highest BCUT2D eigenvalue weighted by molar-refractivity contribution is 6.66. The van der Waals surface area contributed by atoms with Crippen LogP contribution in [0.3, 0.4) is 0 Å². The Morgan fingerprint density at radius 3 is 2.14 bits per heavy atom. The lowest BCUT2D eigenvalue weighted by atomic mass is 9.79. The molecule has 0 spiro atoms. The number of fused-ring (bicyclic) bond motifs is 2. The topological polar surface area (TPSA) is 15.5 Å². The van der Waals surface area contributed by atoms with E-state index in [4.69, 9.17) is 4.74 Å². The van der Waals surface area contributed by atoms with Crippen LogP contribution in [-0.4, -0.2) is 29.5 Å². The number of ether oxygens (including phenoxy) is 1. The third-order valence-electron chi connectivity index (χ3n) is 6.03. The summed E-state index contributed by atoms with van der Waals surface area (Å²) in [5.41, 5.74) is 2.95. The van der Waals surface area contributed by atoms with Crippen LogP contribution in [0, 0.1) is 0 Å². The molecular formula is C23H29BF2N2O. The number of rotatable bonds is 3. The fraction of sp³-hybridized carbons (Fsp3) is 0.435. The quantitative estimate of drug-likeness (QED) is 0.587. The Labute approximate surface area is 172 Å². The molecule has 0 atom stereocenters. The van der Waals surface area contributed by atoms with Gasteiger partial charge in [0.2, 0.25) is 0 Å². The lowest BCUT2D eigenvalue weighted by Crippen LogP contribution is -2.63. The third-order valence-corrected chi connectivity index (χ3v) is 6.03. The van der Waals surface area contributed by atoms with E-state index in [0.717, 1.165) is 16.7 Å². The van der Waals surface area contributed by atoms with Crippen LogP contribution in [0.25, 0.3) is 0 Å². The number of hydrogen-bond donors (Lipinski definition) is 0. The van der Waals surface area contributed by atoms with Gasteiger partial charge in [-0.3, -0.25) is 0 Å². The van der Waals surface area contributed by atoms with Gasteiger partial charge in [-0.15, -0.1) is 0 Å². The Morgan fingerprint density at radius 1 is 0.966 bits per heavy atom. The minimum atomic E-state index is -4.10. The Hall–Kier alpha value is -2.37. The maximum absolute atomic E-state index is 16.4. The Balaban J connectivity index is 2.09. The molecule has 0 amide bonds. The van der Waals surface area contributed by atoms with Crippen molar-refractivity contribution in [3.63, 3.8) is 0 Å². The molecule has 2 aliphatic rings. The van der Waals surface area contributed by atoms with E-state index < -0.39 is 12.5 Å². The van der Waals surface area contributed by atoms with E-state index in [1.807, 2.05) is 50.2 Å². The first-order valence-corrected chi connectivity index (χ1v) is 10.4. The maximum atomic E-state index is 16.4. The molecule has 2 aromatic carbocycles. The molecule has 0 saturated heterocycles. The molecule has 2 heterocycles. The summed E-state index contributed by atoms with van der Waals surface area (Å²) in [4.78, 5) is 1.31. The van der Waals surface area contributed by atoms with Gasteiger partial charge in [-0.2, -0.15) is 0 Å². The van der Waals surface area contributed by atoms with E-state index >= 15 is 8.63 Å². The van der Waals surface area contributed by atoms with Crippen LogP contribution >= 0.6 is 0 Å². The molecule has 3 nitrogen and oxygen atoms in total. The Morgan fingerprint density at radius 2 is 1.55 bits per heavy atom. The normalized spacial score (nSPS) is 19.4. The molecule has 0 aromatic heterocycles. The number of hydrogen-bond acceptors (Lipinski definition) is 2. The molecule has 0 N–H and O–H groups in total. The first-order chi connectivity index (χ1) is 13.6. The van der Waals surface area contributed by atoms with Crippen LogP contribution < -0.4 is 4.81 Å². The fourth-order valence-electron chi connectivity index (χ4n) is 4.64. The van der Waals surface area contributed by atoms with Gasteiger partial charge in [-0.1, -0.05) is 58.0 Å². The number of nitrogens with zero attached hydrogens (tertiary/aromatic N) is 2. The Kier molecular flexibility index (Phi) is 4.52. The van der Waals surface area contributed by atoms with Gasteiger partial charge in [0.05, 0.1) is 0 Å². The molecule has 0 bridgehead atoms. The summed E-state index contributed by atoms with van der Waals surface area (Å²) in [5, 5.41) is 0. The summed E-state index contributed by atoms with van der Waals surface area (Å²) >= 11 is 0. The molecule has 29 heavy (non-hydrogen) atoms. The van der Waals surface area contributed by atoms with Crippen molar-refractivity contribution in [1.82, 2.24) is 0 Å². The zero-order chi connectivity index (χ0) is 21.1. The third kappa shape index (κ3) is 2.87. The van der Waals surface area contributed by atoms with Crippen molar-refractivity contribution in [2.24, 2.45) is 0 Å². The van der Waals surface area contributed by atoms with E-state index in [2.05, 4.69) is 27.7 Å². The van der Waals surface area contributed by atoms with Gasteiger partial charge in [0, 0.05) is 11.4 Å². The second kappa shape index (κ2) is 6.58. The van der Waals surface area contributed by atoms with Gasteiger partial charge in [-0.05, 0) is 48.9 Å². The lowest BCUT2D eigenvalue weighted by Gasteiger charge is -2.44. The second-order valence-corrected chi connectivity index (χ2v) is 9.35. The van der Waals surface area contributed by atoms with Crippen molar-refractivity contribution in [2.45, 2.75) is 58.9 Å². The summed E-state index contributed by atoms with van der Waals surface area (Å²) in [6.07, 6.45) is 0. The molecule has 0 aliphatic carbocycles. The Bertz CT molecular complexity index is 972. The summed E-state index contributed by atoms with van der Waals surface area (Å²) in [6.45, 7) is 8.01. The number of para-hydroxylation sites is 2. The first-order valence-electron chi connectivity index (χ1n) is 10.4. The van der Waals surface area contributed by atoms with Gasteiger partial charge in [0.15, 0.2) is 12.1 Å². The smallest absolute Gasteiger partial charge is 0.440 e. The summed E-state index contributed by atoms with van der Waals surface area (Å²) in [7, 11) is 0. The highest BCUT2D eigenvalue weighted by atomic mass is 19.2. The number of benzene rings is 2. The predicted molar refractivity (Wildman–Crippen MR) is 116 cm³/mol. The van der Waals surface area contributed by atoms with Crippen LogP contribution in [0.15, 0.2) is 42.5 Å². The lowest BCUT2D eigenvalue weighted by molar-refractivity contribution is -0.494. The van der Waals surface area contributed by atoms with E-state index in [1.165, 1.54) is 9.30 Å². The second-order valence-electron chi connectivity index (χ2n) is 9.35. The highest BCUT2D eigenvalue weighted by Crippen LogP contribution is 2.48. The molecule has 2 aliphatic heterocycles. The average molecular weight is 398 g/mol. The van der Waals surface area contributed by atoms with Gasteiger partial charge in [-0.25, -0.2) is 0 Å². The maximum Gasteiger partial charge on any atom is 0.735 e. The molecule has 2 aromatic rings. The average Bonchev–Trinajstić information content (AvgIpc) is 2.97. The largest absolute Gasteiger partial charge is 0.735 e. The zero-order valence-electron chi connectivity index (χ0n) is 18.0. The summed E-state index contributed by atoms with van der Waals surface area (Å²) in [6, 6.07) is 13.3. The van der Waals surface area contributed by atoms with E-state index in [-0.39, 0.29) is 18.4 Å². The fourth-order valence-corrected chi connectivity index (χ4v) is 4.64. The minimum Gasteiger partial charge on any atom is -0.440 e. The van der Waals surface area contributed by atoms with Gasteiger partial charge >= 0.3 is 12.9 Å².